The number of fused-ring (bicyclic) bond motifs is 1. The van der Waals surface area contributed by atoms with Gasteiger partial charge in [0.25, 0.3) is 15.9 Å². The number of nitrogens with zero attached hydrogens (tertiary/aromatic N) is 2. The van der Waals surface area contributed by atoms with Gasteiger partial charge in [0.05, 0.1) is 35.7 Å². The molecule has 0 saturated carbocycles. The van der Waals surface area contributed by atoms with Gasteiger partial charge in [-0.05, 0) is 86.0 Å². The highest BCUT2D eigenvalue weighted by Crippen LogP contribution is 2.38. The van der Waals surface area contributed by atoms with Gasteiger partial charge >= 0.3 is 0 Å². The standard InChI is InChI=1S/C29H33N3O8S2/c1-21-5-14-27-26(19-21)32(42(36,37)25-10-6-22(38-2)7-11-25)20-28(40-27)29(33)30-15-18-39-23-8-12-24(13-9-23)41(34,35)31-16-3-4-17-31/h5-14,19,28H,3-4,15-18,20H2,1-2H3,(H,30,33). The smallest absolute Gasteiger partial charge is 0.264 e. The third-order valence-corrected chi connectivity index (χ3v) is 10.8. The van der Waals surface area contributed by atoms with E-state index < -0.39 is 32.1 Å². The van der Waals surface area contributed by atoms with Gasteiger partial charge in [0.15, 0.2) is 6.10 Å². The molecule has 1 N–H and O–H groups in total. The molecule has 0 radical (unpaired) electrons. The maximum absolute atomic E-state index is 13.6. The minimum absolute atomic E-state index is 0.0597. The Bertz CT molecular complexity index is 1640. The molecular formula is C29H33N3O8S2. The fraction of sp³-hybridized carbons (Fsp3) is 0.345. The Labute approximate surface area is 246 Å². The van der Waals surface area contributed by atoms with Crippen LogP contribution in [-0.2, 0) is 24.8 Å². The first-order valence-corrected chi connectivity index (χ1v) is 16.4. The highest BCUT2D eigenvalue weighted by atomic mass is 32.2. The van der Waals surface area contributed by atoms with Gasteiger partial charge in [-0.25, -0.2) is 16.8 Å². The summed E-state index contributed by atoms with van der Waals surface area (Å²) in [5.41, 5.74) is 1.20. The number of rotatable bonds is 10. The van der Waals surface area contributed by atoms with Gasteiger partial charge in [-0.15, -0.1) is 0 Å². The quantitative estimate of drug-likeness (QED) is 0.345. The molecule has 42 heavy (non-hydrogen) atoms. The van der Waals surface area contributed by atoms with Crippen molar-refractivity contribution in [1.29, 1.82) is 0 Å². The molecule has 3 aromatic rings. The average molecular weight is 616 g/mol. The largest absolute Gasteiger partial charge is 0.497 e. The molecule has 3 aromatic carbocycles. The Balaban J connectivity index is 1.21. The summed E-state index contributed by atoms with van der Waals surface area (Å²) in [4.78, 5) is 13.3. The number of sulfonamides is 2. The minimum atomic E-state index is -4.02. The molecule has 1 amide bonds. The molecule has 0 spiro atoms. The van der Waals surface area contributed by atoms with Crippen LogP contribution in [0.1, 0.15) is 18.4 Å². The third kappa shape index (κ3) is 6.18. The summed E-state index contributed by atoms with van der Waals surface area (Å²) in [7, 11) is -6.03. The molecule has 0 aliphatic carbocycles. The lowest BCUT2D eigenvalue weighted by molar-refractivity contribution is -0.127. The van der Waals surface area contributed by atoms with Gasteiger partial charge in [-0.2, -0.15) is 4.31 Å². The van der Waals surface area contributed by atoms with E-state index in [1.165, 1.54) is 40.0 Å². The van der Waals surface area contributed by atoms with Crippen molar-refractivity contribution < 1.29 is 35.8 Å². The Morgan fingerprint density at radius 3 is 2.17 bits per heavy atom. The molecule has 11 nitrogen and oxygen atoms in total. The van der Waals surface area contributed by atoms with Crippen LogP contribution in [0, 0.1) is 6.92 Å². The van der Waals surface area contributed by atoms with Crippen molar-refractivity contribution in [2.75, 3.05) is 44.2 Å². The van der Waals surface area contributed by atoms with E-state index in [1.54, 1.807) is 42.5 Å². The van der Waals surface area contributed by atoms with Crippen LogP contribution in [0.5, 0.6) is 17.2 Å². The summed E-state index contributed by atoms with van der Waals surface area (Å²) in [5, 5.41) is 2.73. The number of methoxy groups -OCH3 is 1. The van der Waals surface area contributed by atoms with Crippen LogP contribution >= 0.6 is 0 Å². The molecule has 13 heteroatoms. The first kappa shape index (κ1) is 29.7. The Kier molecular flexibility index (Phi) is 8.62. The van der Waals surface area contributed by atoms with Gasteiger partial charge in [-0.1, -0.05) is 6.07 Å². The third-order valence-electron chi connectivity index (χ3n) is 7.12. The van der Waals surface area contributed by atoms with Crippen molar-refractivity contribution in [2.45, 2.75) is 35.7 Å². The van der Waals surface area contributed by atoms with Crippen molar-refractivity contribution in [3.8, 4) is 17.2 Å². The maximum atomic E-state index is 13.6. The molecule has 224 valence electrons. The highest BCUT2D eigenvalue weighted by Gasteiger charge is 2.37. The number of aryl methyl sites for hydroxylation is 1. The number of anilines is 1. The lowest BCUT2D eigenvalue weighted by Crippen LogP contribution is -2.51. The molecule has 2 aliphatic heterocycles. The zero-order chi connectivity index (χ0) is 29.9. The summed E-state index contributed by atoms with van der Waals surface area (Å²) in [6.07, 6.45) is 0.630. The summed E-state index contributed by atoms with van der Waals surface area (Å²) in [5.74, 6) is 0.769. The molecule has 2 aliphatic rings. The Morgan fingerprint density at radius 2 is 1.52 bits per heavy atom. The van der Waals surface area contributed by atoms with Crippen LogP contribution in [-0.4, -0.2) is 73.0 Å². The van der Waals surface area contributed by atoms with E-state index in [0.717, 1.165) is 18.4 Å². The van der Waals surface area contributed by atoms with Crippen LogP contribution in [0.2, 0.25) is 0 Å². The molecule has 1 unspecified atom stereocenters. The van der Waals surface area contributed by atoms with E-state index in [-0.39, 0.29) is 35.2 Å². The SMILES string of the molecule is COc1ccc(S(=O)(=O)N2CC(C(=O)NCCOc3ccc(S(=O)(=O)N4CCCC4)cc3)Oc3ccc(C)cc32)cc1. The highest BCUT2D eigenvalue weighted by molar-refractivity contribution is 7.92. The summed E-state index contributed by atoms with van der Waals surface area (Å²) in [6.45, 7) is 2.92. The lowest BCUT2D eigenvalue weighted by atomic mass is 10.1. The minimum Gasteiger partial charge on any atom is -0.497 e. The zero-order valence-corrected chi connectivity index (χ0v) is 25.0. The van der Waals surface area contributed by atoms with Crippen LogP contribution in [0.4, 0.5) is 5.69 Å². The number of ether oxygens (including phenoxy) is 3. The molecule has 0 aromatic heterocycles. The monoisotopic (exact) mass is 615 g/mol. The van der Waals surface area contributed by atoms with Crippen LogP contribution in [0.3, 0.4) is 0 Å². The number of benzene rings is 3. The fourth-order valence-electron chi connectivity index (χ4n) is 4.84. The van der Waals surface area contributed by atoms with Gasteiger partial charge in [0.1, 0.15) is 23.9 Å². The van der Waals surface area contributed by atoms with Crippen molar-refractivity contribution >= 4 is 31.6 Å². The van der Waals surface area contributed by atoms with E-state index in [0.29, 0.717) is 30.3 Å². The normalized spacial score (nSPS) is 17.3. The van der Waals surface area contributed by atoms with Crippen molar-refractivity contribution in [1.82, 2.24) is 9.62 Å². The maximum Gasteiger partial charge on any atom is 0.264 e. The van der Waals surface area contributed by atoms with E-state index in [9.17, 15) is 21.6 Å². The van der Waals surface area contributed by atoms with Crippen LogP contribution in [0.25, 0.3) is 0 Å². The molecule has 1 fully saturated rings. The Hall–Kier alpha value is -3.81. The van der Waals surface area contributed by atoms with Gasteiger partial charge in [-0.3, -0.25) is 9.10 Å². The number of carbonyl (C=O) groups excluding carboxylic acids is 1. The number of hydrogen-bond acceptors (Lipinski definition) is 8. The van der Waals surface area contributed by atoms with E-state index >= 15 is 0 Å². The fourth-order valence-corrected chi connectivity index (χ4v) is 7.83. The van der Waals surface area contributed by atoms with Crippen LogP contribution < -0.4 is 23.8 Å². The molecule has 5 rings (SSSR count). The summed E-state index contributed by atoms with van der Waals surface area (Å²) in [6, 6.07) is 17.4. The van der Waals surface area contributed by atoms with Gasteiger partial charge in [0.2, 0.25) is 10.0 Å². The average Bonchev–Trinajstić information content (AvgIpc) is 3.55. The molecule has 1 atom stereocenters. The molecule has 1 saturated heterocycles. The predicted molar refractivity (Wildman–Crippen MR) is 156 cm³/mol. The lowest BCUT2D eigenvalue weighted by Gasteiger charge is -2.35. The first-order valence-electron chi connectivity index (χ1n) is 13.5. The first-order chi connectivity index (χ1) is 20.1. The second-order valence-corrected chi connectivity index (χ2v) is 13.8. The zero-order valence-electron chi connectivity index (χ0n) is 23.4. The van der Waals surface area contributed by atoms with Crippen LogP contribution in [0.15, 0.2) is 76.5 Å². The van der Waals surface area contributed by atoms with Crippen molar-refractivity contribution in [2.24, 2.45) is 0 Å². The Morgan fingerprint density at radius 1 is 0.905 bits per heavy atom. The summed E-state index contributed by atoms with van der Waals surface area (Å²) < 4.78 is 72.1. The topological polar surface area (TPSA) is 132 Å². The second-order valence-electron chi connectivity index (χ2n) is 10.0. The molecular weight excluding hydrogens is 582 g/mol. The number of hydrogen-bond donors (Lipinski definition) is 1. The summed E-state index contributed by atoms with van der Waals surface area (Å²) >= 11 is 0. The number of carbonyl (C=O) groups is 1. The van der Waals surface area contributed by atoms with E-state index in [4.69, 9.17) is 14.2 Å². The van der Waals surface area contributed by atoms with Gasteiger partial charge in [0, 0.05) is 13.1 Å². The molecule has 0 bridgehead atoms. The second kappa shape index (κ2) is 12.2. The van der Waals surface area contributed by atoms with Crippen molar-refractivity contribution in [3.63, 3.8) is 0 Å². The van der Waals surface area contributed by atoms with Crippen molar-refractivity contribution in [3.05, 3.63) is 72.3 Å². The number of nitrogens with one attached hydrogen (secondary N) is 1. The van der Waals surface area contributed by atoms with E-state index in [2.05, 4.69) is 5.32 Å². The molecule has 2 heterocycles. The van der Waals surface area contributed by atoms with Gasteiger partial charge < -0.3 is 19.5 Å². The van der Waals surface area contributed by atoms with E-state index in [1.807, 2.05) is 6.92 Å². The number of amides is 1. The predicted octanol–water partition coefficient (Wildman–Crippen LogP) is 2.94.